The third kappa shape index (κ3) is 2.12. The monoisotopic (exact) mass is 132 g/mol. The number of halogens is 1. The number of carbonyl (C=O) groups excluding carboxylic acids is 1. The summed E-state index contributed by atoms with van der Waals surface area (Å²) in [6.07, 6.45) is 2.09. The van der Waals surface area contributed by atoms with Crippen LogP contribution in [0.5, 0.6) is 0 Å². The smallest absolute Gasteiger partial charge is 0.173 e. The molecule has 1 nitrogen and oxygen atoms in total. The molecule has 0 amide bonds. The second-order valence-electron chi connectivity index (χ2n) is 1.41. The molecule has 0 fully saturated rings. The highest BCUT2D eigenvalue weighted by Gasteiger charge is 1.98. The Hall–Kier alpha value is -0.300. The van der Waals surface area contributed by atoms with E-state index < -0.39 is 0 Å². The largest absolute Gasteiger partial charge is 0.293 e. The van der Waals surface area contributed by atoms with Crippen LogP contribution in [-0.2, 0) is 4.79 Å². The van der Waals surface area contributed by atoms with E-state index in [0.717, 1.165) is 0 Å². The van der Waals surface area contributed by atoms with Crippen molar-refractivity contribution in [1.29, 1.82) is 0 Å². The van der Waals surface area contributed by atoms with Crippen LogP contribution in [0, 0.1) is 0 Å². The van der Waals surface area contributed by atoms with Crippen LogP contribution in [0.4, 0.5) is 0 Å². The molecule has 0 saturated carbocycles. The maximum absolute atomic E-state index is 10.5. The Labute approximate surface area is 54.3 Å². The van der Waals surface area contributed by atoms with E-state index in [2.05, 4.69) is 0 Å². The van der Waals surface area contributed by atoms with Gasteiger partial charge in [0.05, 0.1) is 5.03 Å². The van der Waals surface area contributed by atoms with E-state index in [1.54, 1.807) is 19.9 Å². The summed E-state index contributed by atoms with van der Waals surface area (Å²) in [6.45, 7) is 3.53. The van der Waals surface area contributed by atoms with Crippen molar-refractivity contribution in [2.75, 3.05) is 0 Å². The second-order valence-corrected chi connectivity index (χ2v) is 1.82. The zero-order chi connectivity index (χ0) is 6.57. The Morgan fingerprint density at radius 2 is 2.25 bits per heavy atom. The molecule has 0 bridgehead atoms. The molecule has 0 aliphatic rings. The number of hydrogen-bond acceptors (Lipinski definition) is 1. The van der Waals surface area contributed by atoms with E-state index in [-0.39, 0.29) is 5.78 Å². The standard InChI is InChI=1S/C6H9ClO/c1-3-5(7)6(8)4-2/h3H,4H2,1-2H3/b5-3-. The number of ketones is 1. The summed E-state index contributed by atoms with van der Waals surface area (Å²) in [4.78, 5) is 10.5. The van der Waals surface area contributed by atoms with Crippen LogP contribution >= 0.6 is 11.6 Å². The number of Topliss-reactive ketones (excluding diaryl/α,β-unsaturated/α-hetero) is 1. The fourth-order valence-electron chi connectivity index (χ4n) is 0.330. The molecule has 0 rings (SSSR count). The van der Waals surface area contributed by atoms with Gasteiger partial charge in [0, 0.05) is 6.42 Å². The fourth-order valence-corrected chi connectivity index (χ4v) is 0.463. The molecule has 2 heteroatoms. The summed E-state index contributed by atoms with van der Waals surface area (Å²) in [5.74, 6) is 0.00849. The quantitative estimate of drug-likeness (QED) is 0.526. The third-order valence-corrected chi connectivity index (χ3v) is 1.27. The molecule has 0 aromatic rings. The molecule has 0 unspecified atom stereocenters. The van der Waals surface area contributed by atoms with Crippen LogP contribution in [0.3, 0.4) is 0 Å². The summed E-state index contributed by atoms with van der Waals surface area (Å²) in [5, 5.41) is 0.340. The van der Waals surface area contributed by atoms with Crippen molar-refractivity contribution >= 4 is 17.4 Å². The Balaban J connectivity index is 3.83. The van der Waals surface area contributed by atoms with E-state index in [0.29, 0.717) is 11.5 Å². The van der Waals surface area contributed by atoms with Crippen LogP contribution in [-0.4, -0.2) is 5.78 Å². The first-order valence-corrected chi connectivity index (χ1v) is 2.95. The SMILES string of the molecule is C/C=C(\Cl)C(=O)CC. The van der Waals surface area contributed by atoms with E-state index in [9.17, 15) is 4.79 Å². The molecule has 46 valence electrons. The minimum absolute atomic E-state index is 0.00849. The van der Waals surface area contributed by atoms with Crippen molar-refractivity contribution in [2.45, 2.75) is 20.3 Å². The van der Waals surface area contributed by atoms with E-state index >= 15 is 0 Å². The van der Waals surface area contributed by atoms with Gasteiger partial charge in [-0.2, -0.15) is 0 Å². The lowest BCUT2D eigenvalue weighted by Crippen LogP contribution is -1.92. The average Bonchev–Trinajstić information content (AvgIpc) is 1.84. The summed E-state index contributed by atoms with van der Waals surface area (Å²) in [6, 6.07) is 0. The molecule has 0 atom stereocenters. The molecule has 0 aliphatic heterocycles. The first-order valence-electron chi connectivity index (χ1n) is 2.57. The minimum atomic E-state index is 0.00849. The van der Waals surface area contributed by atoms with Crippen molar-refractivity contribution < 1.29 is 4.79 Å². The molecule has 0 aliphatic carbocycles. The highest BCUT2D eigenvalue weighted by molar-refractivity contribution is 6.42. The molecule has 0 aromatic carbocycles. The lowest BCUT2D eigenvalue weighted by molar-refractivity contribution is -0.114. The highest BCUT2D eigenvalue weighted by Crippen LogP contribution is 2.03. The first kappa shape index (κ1) is 7.70. The average molecular weight is 133 g/mol. The van der Waals surface area contributed by atoms with Crippen LogP contribution in [0.2, 0.25) is 0 Å². The lowest BCUT2D eigenvalue weighted by atomic mass is 10.3. The van der Waals surface area contributed by atoms with Gasteiger partial charge in [-0.15, -0.1) is 0 Å². The molecule has 0 radical (unpaired) electrons. The molecule has 8 heavy (non-hydrogen) atoms. The van der Waals surface area contributed by atoms with E-state index in [1.165, 1.54) is 0 Å². The fraction of sp³-hybridized carbons (Fsp3) is 0.500. The van der Waals surface area contributed by atoms with Crippen LogP contribution in [0.25, 0.3) is 0 Å². The maximum Gasteiger partial charge on any atom is 0.173 e. The Kier molecular flexibility index (Phi) is 3.53. The molecule has 0 N–H and O–H groups in total. The van der Waals surface area contributed by atoms with Gasteiger partial charge in [-0.05, 0) is 6.92 Å². The predicted molar refractivity (Wildman–Crippen MR) is 34.9 cm³/mol. The van der Waals surface area contributed by atoms with Gasteiger partial charge in [-0.25, -0.2) is 0 Å². The Morgan fingerprint density at radius 3 is 2.38 bits per heavy atom. The number of rotatable bonds is 2. The van der Waals surface area contributed by atoms with Gasteiger partial charge >= 0.3 is 0 Å². The number of allylic oxidation sites excluding steroid dienone is 2. The van der Waals surface area contributed by atoms with Gasteiger partial charge in [0.25, 0.3) is 0 Å². The number of hydrogen-bond donors (Lipinski definition) is 0. The molecular weight excluding hydrogens is 124 g/mol. The minimum Gasteiger partial charge on any atom is -0.293 e. The van der Waals surface area contributed by atoms with Crippen molar-refractivity contribution in [3.8, 4) is 0 Å². The van der Waals surface area contributed by atoms with Gasteiger partial charge in [-0.3, -0.25) is 4.79 Å². The molecule has 0 aromatic heterocycles. The zero-order valence-corrected chi connectivity index (χ0v) is 5.83. The van der Waals surface area contributed by atoms with Crippen molar-refractivity contribution in [3.05, 3.63) is 11.1 Å². The summed E-state index contributed by atoms with van der Waals surface area (Å²) in [7, 11) is 0. The van der Waals surface area contributed by atoms with E-state index in [1.807, 2.05) is 0 Å². The topological polar surface area (TPSA) is 17.1 Å². The summed E-state index contributed by atoms with van der Waals surface area (Å²) >= 11 is 5.43. The highest BCUT2D eigenvalue weighted by atomic mass is 35.5. The van der Waals surface area contributed by atoms with Gasteiger partial charge in [0.1, 0.15) is 0 Å². The van der Waals surface area contributed by atoms with Gasteiger partial charge in [-0.1, -0.05) is 24.6 Å². The van der Waals surface area contributed by atoms with Crippen molar-refractivity contribution in [2.24, 2.45) is 0 Å². The van der Waals surface area contributed by atoms with Crippen LogP contribution in [0.15, 0.2) is 11.1 Å². The van der Waals surface area contributed by atoms with Crippen LogP contribution < -0.4 is 0 Å². The van der Waals surface area contributed by atoms with E-state index in [4.69, 9.17) is 11.6 Å². The Morgan fingerprint density at radius 1 is 1.75 bits per heavy atom. The summed E-state index contributed by atoms with van der Waals surface area (Å²) < 4.78 is 0. The first-order chi connectivity index (χ1) is 3.72. The molecular formula is C6H9ClO. The Bertz CT molecular complexity index is 116. The zero-order valence-electron chi connectivity index (χ0n) is 5.07. The van der Waals surface area contributed by atoms with Crippen LogP contribution in [0.1, 0.15) is 20.3 Å². The maximum atomic E-state index is 10.5. The van der Waals surface area contributed by atoms with Gasteiger partial charge in [0.15, 0.2) is 5.78 Å². The predicted octanol–water partition coefficient (Wildman–Crippen LogP) is 2.11. The molecule has 0 spiro atoms. The van der Waals surface area contributed by atoms with Gasteiger partial charge in [0.2, 0.25) is 0 Å². The lowest BCUT2D eigenvalue weighted by Gasteiger charge is -1.88. The number of carbonyl (C=O) groups is 1. The third-order valence-electron chi connectivity index (χ3n) is 0.841. The summed E-state index contributed by atoms with van der Waals surface area (Å²) in [5.41, 5.74) is 0. The molecule has 0 saturated heterocycles. The molecule has 0 heterocycles. The van der Waals surface area contributed by atoms with Crippen molar-refractivity contribution in [1.82, 2.24) is 0 Å². The van der Waals surface area contributed by atoms with Gasteiger partial charge < -0.3 is 0 Å². The second kappa shape index (κ2) is 3.67. The normalized spacial score (nSPS) is 11.6. The van der Waals surface area contributed by atoms with Crippen molar-refractivity contribution in [3.63, 3.8) is 0 Å².